The van der Waals surface area contributed by atoms with Crippen molar-refractivity contribution in [1.29, 1.82) is 0 Å². The zero-order chi connectivity index (χ0) is 17.3. The van der Waals surface area contributed by atoms with E-state index >= 15 is 0 Å². The number of nitrogens with zero attached hydrogens (tertiary/aromatic N) is 2. The molecule has 7 heteroatoms. The number of rotatable bonds is 4. The van der Waals surface area contributed by atoms with Crippen LogP contribution in [0.2, 0.25) is 0 Å². The van der Waals surface area contributed by atoms with Crippen LogP contribution in [-0.4, -0.2) is 75.2 Å². The summed E-state index contributed by atoms with van der Waals surface area (Å²) in [7, 11) is 1.89. The summed E-state index contributed by atoms with van der Waals surface area (Å²) in [5, 5.41) is 3.76. The third-order valence-corrected chi connectivity index (χ3v) is 6.73. The molecule has 4 atom stereocenters. The Labute approximate surface area is 174 Å². The van der Waals surface area contributed by atoms with Crippen molar-refractivity contribution in [3.63, 3.8) is 0 Å². The van der Waals surface area contributed by atoms with Crippen LogP contribution in [0.1, 0.15) is 45.4 Å². The third-order valence-electron chi connectivity index (χ3n) is 6.73. The van der Waals surface area contributed by atoms with Crippen LogP contribution in [-0.2, 0) is 14.2 Å². The molecule has 4 rings (SSSR count). The maximum Gasteiger partial charge on any atom is 0.194 e. The second kappa shape index (κ2) is 8.92. The lowest BCUT2D eigenvalue weighted by Crippen LogP contribution is -2.69. The van der Waals surface area contributed by atoms with Crippen LogP contribution in [0, 0.1) is 5.41 Å². The summed E-state index contributed by atoms with van der Waals surface area (Å²) >= 11 is 0. The Morgan fingerprint density at radius 3 is 2.65 bits per heavy atom. The molecule has 2 aliphatic carbocycles. The summed E-state index contributed by atoms with van der Waals surface area (Å²) in [5.74, 6) is 1.03. The molecule has 0 aromatic heterocycles. The number of guanidine groups is 1. The number of hydrogen-bond donors (Lipinski definition) is 1. The van der Waals surface area contributed by atoms with Crippen molar-refractivity contribution < 1.29 is 14.2 Å². The second-order valence-corrected chi connectivity index (χ2v) is 7.92. The Kier molecular flexibility index (Phi) is 7.07. The molecule has 0 amide bonds. The Morgan fingerprint density at radius 1 is 1.23 bits per heavy atom. The van der Waals surface area contributed by atoms with E-state index in [1.807, 2.05) is 7.05 Å². The minimum Gasteiger partial charge on any atom is -0.378 e. The van der Waals surface area contributed by atoms with Crippen molar-refractivity contribution in [1.82, 2.24) is 10.2 Å². The monoisotopic (exact) mass is 479 g/mol. The molecular weight excluding hydrogens is 445 g/mol. The third kappa shape index (κ3) is 3.73. The van der Waals surface area contributed by atoms with Crippen molar-refractivity contribution in [3.05, 3.63) is 0 Å². The number of hydrogen-bond acceptors (Lipinski definition) is 4. The highest BCUT2D eigenvalue weighted by molar-refractivity contribution is 14.0. The molecule has 0 radical (unpaired) electrons. The van der Waals surface area contributed by atoms with Crippen molar-refractivity contribution in [2.45, 2.75) is 69.8 Å². The van der Waals surface area contributed by atoms with Gasteiger partial charge in [-0.15, -0.1) is 24.0 Å². The van der Waals surface area contributed by atoms with E-state index in [1.165, 1.54) is 19.3 Å². The van der Waals surface area contributed by atoms with Gasteiger partial charge in [0.05, 0.1) is 18.8 Å². The van der Waals surface area contributed by atoms with Gasteiger partial charge in [-0.25, -0.2) is 0 Å². The average molecular weight is 479 g/mol. The first-order valence-corrected chi connectivity index (χ1v) is 10.1. The van der Waals surface area contributed by atoms with Gasteiger partial charge in [0.15, 0.2) is 5.96 Å². The van der Waals surface area contributed by atoms with Gasteiger partial charge in [-0.3, -0.25) is 4.99 Å². The van der Waals surface area contributed by atoms with Crippen LogP contribution in [0.5, 0.6) is 0 Å². The molecule has 4 fully saturated rings. The average Bonchev–Trinajstić information content (AvgIpc) is 3.11. The summed E-state index contributed by atoms with van der Waals surface area (Å²) in [6.45, 7) is 6.32. The Morgan fingerprint density at radius 2 is 2.04 bits per heavy atom. The molecule has 0 aromatic rings. The first kappa shape index (κ1) is 20.6. The molecular formula is C19H34IN3O3. The Bertz CT molecular complexity index is 494. The van der Waals surface area contributed by atoms with Gasteiger partial charge in [0.2, 0.25) is 0 Å². The molecule has 2 saturated carbocycles. The topological polar surface area (TPSA) is 55.3 Å². The molecule has 2 aliphatic heterocycles. The number of ether oxygens (including phenoxy) is 3. The first-order chi connectivity index (χ1) is 12.3. The number of nitrogens with one attached hydrogen (secondary N) is 1. The fourth-order valence-corrected chi connectivity index (χ4v) is 5.08. The van der Waals surface area contributed by atoms with Gasteiger partial charge in [-0.1, -0.05) is 6.42 Å². The van der Waals surface area contributed by atoms with E-state index in [2.05, 4.69) is 22.1 Å². The van der Waals surface area contributed by atoms with Crippen molar-refractivity contribution in [3.8, 4) is 0 Å². The van der Waals surface area contributed by atoms with Crippen molar-refractivity contribution in [2.75, 3.05) is 40.0 Å². The summed E-state index contributed by atoms with van der Waals surface area (Å²) in [5.41, 5.74) is 0.353. The lowest BCUT2D eigenvalue weighted by atomic mass is 9.51. The normalized spacial score (nSPS) is 36.2. The number of halogens is 1. The molecule has 0 bridgehead atoms. The van der Waals surface area contributed by atoms with E-state index in [-0.39, 0.29) is 36.2 Å². The highest BCUT2D eigenvalue weighted by Crippen LogP contribution is 2.57. The fraction of sp³-hybridized carbons (Fsp3) is 0.947. The van der Waals surface area contributed by atoms with Crippen LogP contribution >= 0.6 is 24.0 Å². The zero-order valence-electron chi connectivity index (χ0n) is 16.1. The molecule has 6 nitrogen and oxygen atoms in total. The lowest BCUT2D eigenvalue weighted by molar-refractivity contribution is -0.169. The predicted octanol–water partition coefficient (Wildman–Crippen LogP) is 2.41. The van der Waals surface area contributed by atoms with Crippen LogP contribution in [0.15, 0.2) is 4.99 Å². The zero-order valence-corrected chi connectivity index (χ0v) is 18.4. The molecule has 150 valence electrons. The summed E-state index contributed by atoms with van der Waals surface area (Å²) < 4.78 is 17.8. The van der Waals surface area contributed by atoms with Gasteiger partial charge in [0.25, 0.3) is 0 Å². The molecule has 1 spiro atoms. The SMILES string of the molecule is CCOC1CC(NC(=NC)N2CCOC(C3CCCO3)C2)C12CCC2.I. The molecule has 2 saturated heterocycles. The lowest BCUT2D eigenvalue weighted by Gasteiger charge is -2.61. The molecule has 4 unspecified atom stereocenters. The van der Waals surface area contributed by atoms with Gasteiger partial charge in [-0.2, -0.15) is 0 Å². The van der Waals surface area contributed by atoms with Crippen LogP contribution < -0.4 is 5.32 Å². The minimum atomic E-state index is 0. The maximum atomic E-state index is 5.98. The van der Waals surface area contributed by atoms with Crippen molar-refractivity contribution >= 4 is 29.9 Å². The van der Waals surface area contributed by atoms with E-state index in [1.54, 1.807) is 0 Å². The van der Waals surface area contributed by atoms with Gasteiger partial charge in [0.1, 0.15) is 6.10 Å². The fourth-order valence-electron chi connectivity index (χ4n) is 5.08. The largest absolute Gasteiger partial charge is 0.378 e. The van der Waals surface area contributed by atoms with Crippen LogP contribution in [0.3, 0.4) is 0 Å². The summed E-state index contributed by atoms with van der Waals surface area (Å²) in [6, 6.07) is 0.500. The highest BCUT2D eigenvalue weighted by atomic mass is 127. The summed E-state index contributed by atoms with van der Waals surface area (Å²) in [4.78, 5) is 6.94. The van der Waals surface area contributed by atoms with Gasteiger partial charge >= 0.3 is 0 Å². The smallest absolute Gasteiger partial charge is 0.194 e. The van der Waals surface area contributed by atoms with Crippen LogP contribution in [0.25, 0.3) is 0 Å². The Balaban J connectivity index is 0.00000196. The van der Waals surface area contributed by atoms with Gasteiger partial charge in [-0.05, 0) is 39.0 Å². The number of aliphatic imine (C=N–C) groups is 1. The maximum absolute atomic E-state index is 5.98. The molecule has 26 heavy (non-hydrogen) atoms. The van der Waals surface area contributed by atoms with E-state index < -0.39 is 0 Å². The summed E-state index contributed by atoms with van der Waals surface area (Å²) in [6.07, 6.45) is 8.14. The quantitative estimate of drug-likeness (QED) is 0.382. The second-order valence-electron chi connectivity index (χ2n) is 7.92. The van der Waals surface area contributed by atoms with E-state index in [9.17, 15) is 0 Å². The standard InChI is InChI=1S/C19H33N3O3.HI/c1-3-23-17-12-16(19(17)7-5-8-19)21-18(20-2)22-9-11-25-15(13-22)14-6-4-10-24-14;/h14-17H,3-13H2,1-2H3,(H,20,21);1H. The Hall–Kier alpha value is -0.120. The highest BCUT2D eigenvalue weighted by Gasteiger charge is 2.59. The van der Waals surface area contributed by atoms with Gasteiger partial charge in [0, 0.05) is 44.8 Å². The molecule has 1 N–H and O–H groups in total. The molecule has 4 aliphatic rings. The van der Waals surface area contributed by atoms with Crippen molar-refractivity contribution in [2.24, 2.45) is 10.4 Å². The predicted molar refractivity (Wildman–Crippen MR) is 112 cm³/mol. The minimum absolute atomic E-state index is 0. The van der Waals surface area contributed by atoms with Crippen LogP contribution in [0.4, 0.5) is 0 Å². The first-order valence-electron chi connectivity index (χ1n) is 10.1. The van der Waals surface area contributed by atoms with E-state index in [0.29, 0.717) is 17.6 Å². The van der Waals surface area contributed by atoms with Gasteiger partial charge < -0.3 is 24.4 Å². The molecule has 2 heterocycles. The molecule has 0 aromatic carbocycles. The van der Waals surface area contributed by atoms with E-state index in [0.717, 1.165) is 58.1 Å². The van der Waals surface area contributed by atoms with E-state index in [4.69, 9.17) is 14.2 Å². The number of morpholine rings is 1.